The lowest BCUT2D eigenvalue weighted by atomic mass is 10.1. The molecule has 3 amide bonds. The number of carbonyl (C=O) groups is 3. The van der Waals surface area contributed by atoms with Gasteiger partial charge in [-0.3, -0.25) is 14.4 Å². The third kappa shape index (κ3) is 3.83. The highest BCUT2D eigenvalue weighted by molar-refractivity contribution is 7.21. The Labute approximate surface area is 171 Å². The second-order valence-electron chi connectivity index (χ2n) is 7.21. The molecule has 0 unspecified atom stereocenters. The first-order chi connectivity index (χ1) is 14.0. The quantitative estimate of drug-likeness (QED) is 0.563. The molecule has 4 rings (SSSR count). The van der Waals surface area contributed by atoms with Crippen molar-refractivity contribution < 1.29 is 19.1 Å². The number of fused-ring (bicyclic) bond motifs is 3. The molecule has 4 N–H and O–H groups in total. The van der Waals surface area contributed by atoms with E-state index < -0.39 is 0 Å². The van der Waals surface area contributed by atoms with Crippen molar-refractivity contribution in [3.8, 4) is 0 Å². The number of benzene rings is 1. The lowest BCUT2D eigenvalue weighted by molar-refractivity contribution is -0.117. The molecule has 0 saturated carbocycles. The number of thiophene rings is 1. The molecule has 0 radical (unpaired) electrons. The van der Waals surface area contributed by atoms with Gasteiger partial charge < -0.3 is 26.0 Å². The third-order valence-electron chi connectivity index (χ3n) is 5.03. The number of anilines is 1. The highest BCUT2D eigenvalue weighted by Gasteiger charge is 2.31. The van der Waals surface area contributed by atoms with Crippen LogP contribution in [0.4, 0.5) is 5.69 Å². The predicted molar refractivity (Wildman–Crippen MR) is 111 cm³/mol. The molecule has 1 fully saturated rings. The fourth-order valence-electron chi connectivity index (χ4n) is 3.50. The van der Waals surface area contributed by atoms with Gasteiger partial charge in [-0.15, -0.1) is 11.3 Å². The maximum absolute atomic E-state index is 12.8. The van der Waals surface area contributed by atoms with Crippen molar-refractivity contribution in [2.45, 2.75) is 25.0 Å². The van der Waals surface area contributed by atoms with Gasteiger partial charge in [-0.05, 0) is 31.2 Å². The standard InChI is InChI=1S/C20H22N4O4S/c1-3-16(25)23-13-8-28-9-14(13)24-19(26)11-4-5-15-12(6-11)17-18(29-15)20(27)22-10(2)7-21-17/h3-6,10,13-14,21H,1,7-9H2,2H3,(H,22,27)(H,23,25)(H,24,26)/t10-,13-,14+/m1/s1. The molecule has 3 heterocycles. The Morgan fingerprint density at radius 1 is 1.28 bits per heavy atom. The van der Waals surface area contributed by atoms with E-state index in [1.165, 1.54) is 17.4 Å². The summed E-state index contributed by atoms with van der Waals surface area (Å²) in [7, 11) is 0. The topological polar surface area (TPSA) is 109 Å². The molecular weight excluding hydrogens is 392 g/mol. The van der Waals surface area contributed by atoms with E-state index in [4.69, 9.17) is 4.74 Å². The van der Waals surface area contributed by atoms with E-state index in [9.17, 15) is 14.4 Å². The zero-order chi connectivity index (χ0) is 20.5. The average molecular weight is 414 g/mol. The lowest BCUT2D eigenvalue weighted by Crippen LogP contribution is -2.50. The van der Waals surface area contributed by atoms with Crippen molar-refractivity contribution in [1.82, 2.24) is 16.0 Å². The number of ether oxygens (including phenoxy) is 1. The van der Waals surface area contributed by atoms with Gasteiger partial charge >= 0.3 is 0 Å². The number of amides is 3. The van der Waals surface area contributed by atoms with E-state index in [-0.39, 0.29) is 35.8 Å². The van der Waals surface area contributed by atoms with Gasteiger partial charge in [-0.2, -0.15) is 0 Å². The molecule has 0 bridgehead atoms. The minimum absolute atomic E-state index is 0.0220. The minimum Gasteiger partial charge on any atom is -0.381 e. The molecule has 1 aromatic carbocycles. The van der Waals surface area contributed by atoms with Gasteiger partial charge in [0, 0.05) is 28.2 Å². The molecule has 2 aliphatic rings. The number of nitrogens with one attached hydrogen (secondary N) is 4. The van der Waals surface area contributed by atoms with Gasteiger partial charge in [0.15, 0.2) is 0 Å². The summed E-state index contributed by atoms with van der Waals surface area (Å²) in [6, 6.07) is 4.77. The highest BCUT2D eigenvalue weighted by Crippen LogP contribution is 2.37. The average Bonchev–Trinajstić information content (AvgIpc) is 3.26. The Hall–Kier alpha value is -2.91. The molecule has 0 spiro atoms. The van der Waals surface area contributed by atoms with E-state index in [1.54, 1.807) is 12.1 Å². The van der Waals surface area contributed by atoms with Crippen molar-refractivity contribution in [3.63, 3.8) is 0 Å². The van der Waals surface area contributed by atoms with Gasteiger partial charge in [0.1, 0.15) is 4.88 Å². The molecule has 1 saturated heterocycles. The highest BCUT2D eigenvalue weighted by atomic mass is 32.1. The molecule has 3 atom stereocenters. The third-order valence-corrected chi connectivity index (χ3v) is 6.20. The van der Waals surface area contributed by atoms with Gasteiger partial charge in [0.25, 0.3) is 11.8 Å². The molecule has 2 aliphatic heterocycles. The number of carbonyl (C=O) groups excluding carboxylic acids is 3. The smallest absolute Gasteiger partial charge is 0.263 e. The van der Waals surface area contributed by atoms with Crippen molar-refractivity contribution in [2.24, 2.45) is 0 Å². The summed E-state index contributed by atoms with van der Waals surface area (Å²) >= 11 is 1.40. The Balaban J connectivity index is 1.56. The SMILES string of the molecule is C=CC(=O)N[C@@H]1COC[C@@H]1NC(=O)c1ccc2sc3c(c2c1)NC[C@@H](C)NC3=O. The summed E-state index contributed by atoms with van der Waals surface area (Å²) < 4.78 is 6.34. The van der Waals surface area contributed by atoms with Crippen LogP contribution in [0.5, 0.6) is 0 Å². The summed E-state index contributed by atoms with van der Waals surface area (Å²) in [4.78, 5) is 37.4. The van der Waals surface area contributed by atoms with Crippen molar-refractivity contribution in [2.75, 3.05) is 25.1 Å². The Morgan fingerprint density at radius 2 is 2.03 bits per heavy atom. The van der Waals surface area contributed by atoms with Crippen LogP contribution in [0.2, 0.25) is 0 Å². The molecular formula is C20H22N4O4S. The summed E-state index contributed by atoms with van der Waals surface area (Å²) in [5.74, 6) is -0.666. The predicted octanol–water partition coefficient (Wildman–Crippen LogP) is 1.24. The molecule has 29 heavy (non-hydrogen) atoms. The Morgan fingerprint density at radius 3 is 2.79 bits per heavy atom. The van der Waals surface area contributed by atoms with Gasteiger partial charge in [-0.25, -0.2) is 0 Å². The first-order valence-electron chi connectivity index (χ1n) is 9.39. The van der Waals surface area contributed by atoms with Crippen molar-refractivity contribution >= 4 is 44.8 Å². The Bertz CT molecular complexity index is 1000. The van der Waals surface area contributed by atoms with E-state index >= 15 is 0 Å². The zero-order valence-corrected chi connectivity index (χ0v) is 16.7. The normalized spacial score (nSPS) is 23.5. The van der Waals surface area contributed by atoms with Crippen molar-refractivity contribution in [1.29, 1.82) is 0 Å². The first-order valence-corrected chi connectivity index (χ1v) is 10.2. The largest absolute Gasteiger partial charge is 0.381 e. The fourth-order valence-corrected chi connectivity index (χ4v) is 4.56. The monoisotopic (exact) mass is 414 g/mol. The lowest BCUT2D eigenvalue weighted by Gasteiger charge is -2.19. The van der Waals surface area contributed by atoms with Crippen LogP contribution < -0.4 is 21.3 Å². The van der Waals surface area contributed by atoms with Gasteiger partial charge in [-0.1, -0.05) is 6.58 Å². The second kappa shape index (κ2) is 7.84. The number of rotatable bonds is 4. The van der Waals surface area contributed by atoms with E-state index in [2.05, 4.69) is 27.8 Å². The van der Waals surface area contributed by atoms with Crippen LogP contribution in [-0.4, -0.2) is 55.6 Å². The van der Waals surface area contributed by atoms with Gasteiger partial charge in [0.2, 0.25) is 5.91 Å². The molecule has 8 nitrogen and oxygen atoms in total. The van der Waals surface area contributed by atoms with Crippen LogP contribution in [0.1, 0.15) is 27.0 Å². The maximum atomic E-state index is 12.8. The number of hydrogen-bond donors (Lipinski definition) is 4. The summed E-state index contributed by atoms with van der Waals surface area (Å²) in [6.07, 6.45) is 1.19. The first kappa shape index (κ1) is 19.4. The fraction of sp³-hybridized carbons (Fsp3) is 0.350. The van der Waals surface area contributed by atoms with Crippen LogP contribution in [0.3, 0.4) is 0 Å². The van der Waals surface area contributed by atoms with Crippen LogP contribution in [0.15, 0.2) is 30.9 Å². The zero-order valence-electron chi connectivity index (χ0n) is 15.9. The maximum Gasteiger partial charge on any atom is 0.263 e. The molecule has 152 valence electrons. The van der Waals surface area contributed by atoms with Crippen LogP contribution in [0, 0.1) is 0 Å². The van der Waals surface area contributed by atoms with E-state index in [1.807, 2.05) is 13.0 Å². The van der Waals surface area contributed by atoms with Crippen LogP contribution >= 0.6 is 11.3 Å². The summed E-state index contributed by atoms with van der Waals surface area (Å²) in [6.45, 7) is 6.65. The van der Waals surface area contributed by atoms with E-state index in [0.29, 0.717) is 30.2 Å². The molecule has 9 heteroatoms. The second-order valence-corrected chi connectivity index (χ2v) is 8.26. The summed E-state index contributed by atoms with van der Waals surface area (Å²) in [5.41, 5.74) is 1.25. The van der Waals surface area contributed by atoms with E-state index in [0.717, 1.165) is 15.8 Å². The molecule has 2 aromatic rings. The van der Waals surface area contributed by atoms with Crippen LogP contribution in [-0.2, 0) is 9.53 Å². The molecule has 1 aromatic heterocycles. The molecule has 0 aliphatic carbocycles. The summed E-state index contributed by atoms with van der Waals surface area (Å²) in [5, 5.41) is 12.8. The van der Waals surface area contributed by atoms with Gasteiger partial charge in [0.05, 0.1) is 31.0 Å². The Kier molecular flexibility index (Phi) is 5.25. The van der Waals surface area contributed by atoms with Crippen LogP contribution in [0.25, 0.3) is 10.1 Å². The minimum atomic E-state index is -0.327. The van der Waals surface area contributed by atoms with Crippen molar-refractivity contribution in [3.05, 3.63) is 41.3 Å². The number of hydrogen-bond acceptors (Lipinski definition) is 6.